The maximum Gasteiger partial charge on any atom is 0.274 e. The molecule has 0 aliphatic heterocycles. The third kappa shape index (κ3) is 4.16. The summed E-state index contributed by atoms with van der Waals surface area (Å²) in [4.78, 5) is 35.7. The van der Waals surface area contributed by atoms with Crippen molar-refractivity contribution in [1.29, 1.82) is 0 Å². The molecule has 0 atom stereocenters. The fraction of sp³-hybridized carbons (Fsp3) is 0.182. The SMILES string of the molecule is CCOc1ccccc1N(Cc1nc2nc(C)cc(=O)n2[nH]1)C(=O)c1ccc(F)cc1. The van der Waals surface area contributed by atoms with Crippen molar-refractivity contribution >= 4 is 17.4 Å². The molecule has 1 amide bonds. The molecule has 0 aliphatic carbocycles. The summed E-state index contributed by atoms with van der Waals surface area (Å²) >= 11 is 0. The van der Waals surface area contributed by atoms with E-state index in [2.05, 4.69) is 15.1 Å². The van der Waals surface area contributed by atoms with E-state index in [4.69, 9.17) is 4.74 Å². The molecule has 2 aromatic heterocycles. The van der Waals surface area contributed by atoms with Crippen molar-refractivity contribution in [2.24, 2.45) is 0 Å². The third-order valence-electron chi connectivity index (χ3n) is 4.61. The minimum absolute atomic E-state index is 0.0160. The van der Waals surface area contributed by atoms with Crippen LogP contribution in [0, 0.1) is 12.7 Å². The maximum absolute atomic E-state index is 13.4. The van der Waals surface area contributed by atoms with Gasteiger partial charge in [-0.2, -0.15) is 9.50 Å². The zero-order valence-corrected chi connectivity index (χ0v) is 17.0. The number of carbonyl (C=O) groups is 1. The van der Waals surface area contributed by atoms with Gasteiger partial charge in [-0.1, -0.05) is 12.1 Å². The number of amides is 1. The highest BCUT2D eigenvalue weighted by Crippen LogP contribution is 2.30. The molecular weight excluding hydrogens is 401 g/mol. The Morgan fingerprint density at radius 3 is 2.65 bits per heavy atom. The number of hydrogen-bond acceptors (Lipinski definition) is 5. The monoisotopic (exact) mass is 421 g/mol. The van der Waals surface area contributed by atoms with Crippen LogP contribution >= 0.6 is 0 Å². The van der Waals surface area contributed by atoms with Gasteiger partial charge >= 0.3 is 0 Å². The number of benzene rings is 2. The second kappa shape index (κ2) is 8.39. The molecule has 4 rings (SSSR count). The lowest BCUT2D eigenvalue weighted by atomic mass is 10.1. The molecule has 0 radical (unpaired) electrons. The predicted molar refractivity (Wildman–Crippen MR) is 113 cm³/mol. The summed E-state index contributed by atoms with van der Waals surface area (Å²) in [5.74, 6) is 0.284. The summed E-state index contributed by atoms with van der Waals surface area (Å²) < 4.78 is 20.3. The summed E-state index contributed by atoms with van der Waals surface area (Å²) in [5, 5.41) is 2.89. The van der Waals surface area contributed by atoms with Gasteiger partial charge in [-0.25, -0.2) is 9.37 Å². The van der Waals surface area contributed by atoms with Gasteiger partial charge in [0.05, 0.1) is 18.8 Å². The molecule has 0 spiro atoms. The fourth-order valence-electron chi connectivity index (χ4n) is 3.23. The lowest BCUT2D eigenvalue weighted by molar-refractivity contribution is 0.0983. The molecule has 158 valence electrons. The van der Waals surface area contributed by atoms with Crippen LogP contribution < -0.4 is 15.2 Å². The predicted octanol–water partition coefficient (Wildman–Crippen LogP) is 3.11. The second-order valence-electron chi connectivity index (χ2n) is 6.84. The van der Waals surface area contributed by atoms with Crippen molar-refractivity contribution in [3.05, 3.63) is 87.9 Å². The van der Waals surface area contributed by atoms with E-state index >= 15 is 0 Å². The number of anilines is 1. The fourth-order valence-corrected chi connectivity index (χ4v) is 3.23. The van der Waals surface area contributed by atoms with Crippen LogP contribution in [0.5, 0.6) is 5.75 Å². The van der Waals surface area contributed by atoms with Crippen LogP contribution in [0.25, 0.3) is 5.78 Å². The average molecular weight is 421 g/mol. The number of carbonyl (C=O) groups excluding carboxylic acids is 1. The highest BCUT2D eigenvalue weighted by molar-refractivity contribution is 6.06. The smallest absolute Gasteiger partial charge is 0.274 e. The van der Waals surface area contributed by atoms with E-state index in [0.717, 1.165) is 0 Å². The topological polar surface area (TPSA) is 92.6 Å². The van der Waals surface area contributed by atoms with Gasteiger partial charge in [-0.15, -0.1) is 0 Å². The summed E-state index contributed by atoms with van der Waals surface area (Å²) in [5.41, 5.74) is 1.07. The number of para-hydroxylation sites is 2. The first-order chi connectivity index (χ1) is 15.0. The molecular formula is C22H20FN5O3. The van der Waals surface area contributed by atoms with Gasteiger partial charge in [0.2, 0.25) is 0 Å². The largest absolute Gasteiger partial charge is 0.492 e. The molecule has 0 unspecified atom stereocenters. The number of nitrogens with zero attached hydrogens (tertiary/aromatic N) is 4. The van der Waals surface area contributed by atoms with E-state index in [-0.39, 0.29) is 23.8 Å². The van der Waals surface area contributed by atoms with Gasteiger partial charge in [0.15, 0.2) is 0 Å². The first-order valence-electron chi connectivity index (χ1n) is 9.71. The molecule has 4 aromatic rings. The van der Waals surface area contributed by atoms with Crippen LogP contribution in [0.15, 0.2) is 59.4 Å². The Morgan fingerprint density at radius 2 is 1.90 bits per heavy atom. The number of nitrogens with one attached hydrogen (secondary N) is 1. The number of hydrogen-bond donors (Lipinski definition) is 1. The molecule has 8 nitrogen and oxygen atoms in total. The van der Waals surface area contributed by atoms with E-state index in [1.165, 1.54) is 39.7 Å². The molecule has 0 saturated heterocycles. The van der Waals surface area contributed by atoms with Crippen LogP contribution in [0.4, 0.5) is 10.1 Å². The number of aromatic amines is 1. The molecule has 2 heterocycles. The zero-order chi connectivity index (χ0) is 22.0. The van der Waals surface area contributed by atoms with Crippen molar-refractivity contribution < 1.29 is 13.9 Å². The second-order valence-corrected chi connectivity index (χ2v) is 6.84. The van der Waals surface area contributed by atoms with Gasteiger partial charge in [0.1, 0.15) is 17.4 Å². The van der Waals surface area contributed by atoms with Gasteiger partial charge < -0.3 is 4.74 Å². The Labute approximate surface area is 176 Å². The number of ether oxygens (including phenoxy) is 1. The van der Waals surface area contributed by atoms with Crippen LogP contribution in [0.2, 0.25) is 0 Å². The van der Waals surface area contributed by atoms with Crippen LogP contribution in [-0.2, 0) is 6.54 Å². The van der Waals surface area contributed by atoms with E-state index in [9.17, 15) is 14.0 Å². The molecule has 0 fully saturated rings. The van der Waals surface area contributed by atoms with E-state index in [0.29, 0.717) is 35.1 Å². The molecule has 0 bridgehead atoms. The Kier molecular flexibility index (Phi) is 5.48. The average Bonchev–Trinajstić information content (AvgIpc) is 3.16. The van der Waals surface area contributed by atoms with Crippen LogP contribution in [0.1, 0.15) is 28.8 Å². The van der Waals surface area contributed by atoms with Gasteiger partial charge in [0, 0.05) is 17.3 Å². The van der Waals surface area contributed by atoms with Crippen molar-refractivity contribution in [2.45, 2.75) is 20.4 Å². The first-order valence-corrected chi connectivity index (χ1v) is 9.71. The Hall–Kier alpha value is -4.01. The first kappa shape index (κ1) is 20.3. The van der Waals surface area contributed by atoms with Gasteiger partial charge in [-0.05, 0) is 50.2 Å². The molecule has 31 heavy (non-hydrogen) atoms. The minimum atomic E-state index is -0.434. The third-order valence-corrected chi connectivity index (χ3v) is 4.61. The Morgan fingerprint density at radius 1 is 1.16 bits per heavy atom. The number of rotatable bonds is 6. The molecule has 0 aliphatic rings. The van der Waals surface area contributed by atoms with Crippen molar-refractivity contribution in [3.63, 3.8) is 0 Å². The molecule has 9 heteroatoms. The van der Waals surface area contributed by atoms with Gasteiger partial charge in [-0.3, -0.25) is 19.6 Å². The summed E-state index contributed by atoms with van der Waals surface area (Å²) in [6.07, 6.45) is 0. The normalized spacial score (nSPS) is 10.9. The lowest BCUT2D eigenvalue weighted by Crippen LogP contribution is -2.31. The highest BCUT2D eigenvalue weighted by atomic mass is 19.1. The maximum atomic E-state index is 13.4. The van der Waals surface area contributed by atoms with Crippen LogP contribution in [0.3, 0.4) is 0 Å². The molecule has 0 saturated carbocycles. The standard InChI is InChI=1S/C22H20FN5O3/c1-3-31-18-7-5-4-6-17(18)27(21(30)15-8-10-16(23)11-9-15)13-19-25-22-24-14(2)12-20(29)28(22)26-19/h4-12H,3,13H2,1-2H3,(H,24,25,26). The number of halogens is 1. The van der Waals surface area contributed by atoms with Crippen molar-refractivity contribution in [3.8, 4) is 5.75 Å². The Balaban J connectivity index is 1.79. The number of aryl methyl sites for hydroxylation is 1. The zero-order valence-electron chi connectivity index (χ0n) is 17.0. The van der Waals surface area contributed by atoms with Gasteiger partial charge in [0.25, 0.3) is 17.2 Å². The van der Waals surface area contributed by atoms with E-state index < -0.39 is 5.82 Å². The highest BCUT2D eigenvalue weighted by Gasteiger charge is 2.23. The van der Waals surface area contributed by atoms with E-state index in [1.54, 1.807) is 25.1 Å². The number of H-pyrrole nitrogens is 1. The Bertz CT molecular complexity index is 1300. The van der Waals surface area contributed by atoms with Crippen LogP contribution in [-0.4, -0.2) is 32.1 Å². The lowest BCUT2D eigenvalue weighted by Gasteiger charge is -2.24. The summed E-state index contributed by atoms with van der Waals surface area (Å²) in [6, 6.07) is 13.8. The van der Waals surface area contributed by atoms with E-state index in [1.807, 2.05) is 13.0 Å². The summed E-state index contributed by atoms with van der Waals surface area (Å²) in [7, 11) is 0. The number of fused-ring (bicyclic) bond motifs is 1. The number of aromatic nitrogens is 4. The minimum Gasteiger partial charge on any atom is -0.492 e. The summed E-state index contributed by atoms with van der Waals surface area (Å²) in [6.45, 7) is 3.99. The molecule has 2 aromatic carbocycles. The molecule has 1 N–H and O–H groups in total. The van der Waals surface area contributed by atoms with Crippen molar-refractivity contribution in [1.82, 2.24) is 19.6 Å². The van der Waals surface area contributed by atoms with Crippen molar-refractivity contribution in [2.75, 3.05) is 11.5 Å². The quantitative estimate of drug-likeness (QED) is 0.516.